The lowest BCUT2D eigenvalue weighted by atomic mass is 10.1. The Hall–Kier alpha value is -1.68. The van der Waals surface area contributed by atoms with Gasteiger partial charge in [-0.2, -0.15) is 0 Å². The molecule has 1 aromatic heterocycles. The number of rotatable bonds is 6. The fourth-order valence-corrected chi connectivity index (χ4v) is 2.30. The van der Waals surface area contributed by atoms with E-state index in [2.05, 4.69) is 24.1 Å². The van der Waals surface area contributed by atoms with Crippen molar-refractivity contribution < 1.29 is 4.39 Å². The average molecular weight is 261 g/mol. The lowest BCUT2D eigenvalue weighted by molar-refractivity contribution is 0.417. The van der Waals surface area contributed by atoms with Crippen molar-refractivity contribution in [3.8, 4) is 0 Å². The maximum absolute atomic E-state index is 13.6. The first-order valence-corrected chi connectivity index (χ1v) is 6.60. The summed E-state index contributed by atoms with van der Waals surface area (Å²) < 4.78 is 15.6. The molecule has 0 aliphatic heterocycles. The maximum atomic E-state index is 13.6. The van der Waals surface area contributed by atoms with Gasteiger partial charge in [0.05, 0.1) is 6.33 Å². The number of nitrogens with one attached hydrogen (secondary N) is 1. The summed E-state index contributed by atoms with van der Waals surface area (Å²) in [6.45, 7) is 5.07. The Labute approximate surface area is 113 Å². The van der Waals surface area contributed by atoms with Crippen LogP contribution in [0.5, 0.6) is 0 Å². The van der Waals surface area contributed by atoms with Gasteiger partial charge < -0.3 is 9.88 Å². The second-order valence-corrected chi connectivity index (χ2v) is 5.02. The third kappa shape index (κ3) is 4.17. The third-order valence-electron chi connectivity index (χ3n) is 3.10. The van der Waals surface area contributed by atoms with Gasteiger partial charge >= 0.3 is 0 Å². The predicted octanol–water partition coefficient (Wildman–Crippen LogP) is 2.63. The van der Waals surface area contributed by atoms with Gasteiger partial charge in [0.15, 0.2) is 0 Å². The van der Waals surface area contributed by atoms with E-state index < -0.39 is 0 Å². The van der Waals surface area contributed by atoms with Crippen molar-refractivity contribution in [2.24, 2.45) is 0 Å². The topological polar surface area (TPSA) is 29.9 Å². The summed E-state index contributed by atoms with van der Waals surface area (Å²) in [5.74, 6) is -0.126. The molecule has 0 saturated heterocycles. The lowest BCUT2D eigenvalue weighted by Crippen LogP contribution is -2.38. The molecule has 0 fully saturated rings. The van der Waals surface area contributed by atoms with Gasteiger partial charge in [0.1, 0.15) is 5.82 Å². The zero-order chi connectivity index (χ0) is 13.7. The van der Waals surface area contributed by atoms with E-state index in [-0.39, 0.29) is 11.9 Å². The smallest absolute Gasteiger partial charge is 0.126 e. The third-order valence-corrected chi connectivity index (χ3v) is 3.10. The number of nitrogens with zero attached hydrogens (tertiary/aromatic N) is 2. The Morgan fingerprint density at radius 3 is 2.74 bits per heavy atom. The molecule has 0 amide bonds. The van der Waals surface area contributed by atoms with Gasteiger partial charge in [0.2, 0.25) is 0 Å². The zero-order valence-corrected chi connectivity index (χ0v) is 11.4. The Bertz CT molecular complexity index is 496. The summed E-state index contributed by atoms with van der Waals surface area (Å²) in [7, 11) is 0. The summed E-state index contributed by atoms with van der Waals surface area (Å²) in [6, 6.07) is 7.50. The molecule has 2 rings (SSSR count). The standard InChI is InChI=1S/C15H20FN3/c1-12(9-14-5-3-4-6-15(14)16)18-13(2)10-19-8-7-17-11-19/h3-8,11-13,18H,9-10H2,1-2H3. The van der Waals surface area contributed by atoms with Crippen LogP contribution in [0.2, 0.25) is 0 Å². The second kappa shape index (κ2) is 6.48. The van der Waals surface area contributed by atoms with Crippen LogP contribution in [0.25, 0.3) is 0 Å². The van der Waals surface area contributed by atoms with Gasteiger partial charge in [0.25, 0.3) is 0 Å². The van der Waals surface area contributed by atoms with Crippen molar-refractivity contribution in [3.05, 3.63) is 54.4 Å². The van der Waals surface area contributed by atoms with Crippen molar-refractivity contribution in [2.75, 3.05) is 0 Å². The van der Waals surface area contributed by atoms with E-state index in [0.29, 0.717) is 12.5 Å². The molecule has 2 aromatic rings. The first kappa shape index (κ1) is 13.7. The Morgan fingerprint density at radius 2 is 2.05 bits per heavy atom. The first-order chi connectivity index (χ1) is 9.15. The first-order valence-electron chi connectivity index (χ1n) is 6.60. The Kier molecular flexibility index (Phi) is 4.68. The van der Waals surface area contributed by atoms with Crippen molar-refractivity contribution in [1.29, 1.82) is 0 Å². The van der Waals surface area contributed by atoms with Crippen molar-refractivity contribution in [2.45, 2.75) is 38.9 Å². The highest BCUT2D eigenvalue weighted by Gasteiger charge is 2.10. The van der Waals surface area contributed by atoms with Gasteiger partial charge in [-0.3, -0.25) is 0 Å². The molecule has 2 atom stereocenters. The molecule has 3 nitrogen and oxygen atoms in total. The number of hydrogen-bond acceptors (Lipinski definition) is 2. The fraction of sp³-hybridized carbons (Fsp3) is 0.400. The summed E-state index contributed by atoms with van der Waals surface area (Å²) >= 11 is 0. The highest BCUT2D eigenvalue weighted by molar-refractivity contribution is 5.18. The van der Waals surface area contributed by atoms with E-state index in [4.69, 9.17) is 0 Å². The van der Waals surface area contributed by atoms with Crippen LogP contribution >= 0.6 is 0 Å². The molecule has 0 bridgehead atoms. The Morgan fingerprint density at radius 1 is 1.26 bits per heavy atom. The van der Waals surface area contributed by atoms with E-state index >= 15 is 0 Å². The van der Waals surface area contributed by atoms with Gasteiger partial charge in [0, 0.05) is 31.0 Å². The molecule has 0 saturated carbocycles. The molecule has 1 heterocycles. The Balaban J connectivity index is 1.84. The zero-order valence-electron chi connectivity index (χ0n) is 11.4. The number of hydrogen-bond donors (Lipinski definition) is 1. The van der Waals surface area contributed by atoms with Crippen LogP contribution in [-0.2, 0) is 13.0 Å². The van der Waals surface area contributed by atoms with Gasteiger partial charge in [-0.05, 0) is 31.9 Å². The van der Waals surface area contributed by atoms with E-state index in [9.17, 15) is 4.39 Å². The quantitative estimate of drug-likeness (QED) is 0.866. The second-order valence-electron chi connectivity index (χ2n) is 5.02. The van der Waals surface area contributed by atoms with Gasteiger partial charge in [-0.25, -0.2) is 9.37 Å². The number of halogens is 1. The minimum atomic E-state index is -0.126. The average Bonchev–Trinajstić information content (AvgIpc) is 2.84. The SMILES string of the molecule is CC(Cc1ccccc1F)NC(C)Cn1ccnc1. The molecule has 1 aromatic carbocycles. The molecule has 19 heavy (non-hydrogen) atoms. The van der Waals surface area contributed by atoms with E-state index in [0.717, 1.165) is 12.1 Å². The summed E-state index contributed by atoms with van der Waals surface area (Å²) in [4.78, 5) is 4.02. The van der Waals surface area contributed by atoms with Crippen molar-refractivity contribution >= 4 is 0 Å². The molecular formula is C15H20FN3. The number of aromatic nitrogens is 2. The predicted molar refractivity (Wildman–Crippen MR) is 74.4 cm³/mol. The highest BCUT2D eigenvalue weighted by atomic mass is 19.1. The van der Waals surface area contributed by atoms with Crippen LogP contribution in [0.3, 0.4) is 0 Å². The molecule has 0 aliphatic carbocycles. The molecule has 2 unspecified atom stereocenters. The van der Waals surface area contributed by atoms with Crippen molar-refractivity contribution in [3.63, 3.8) is 0 Å². The molecule has 0 radical (unpaired) electrons. The molecule has 1 N–H and O–H groups in total. The van der Waals surface area contributed by atoms with Crippen LogP contribution in [0, 0.1) is 5.82 Å². The monoisotopic (exact) mass is 261 g/mol. The fourth-order valence-electron chi connectivity index (χ4n) is 2.30. The number of imidazole rings is 1. The minimum absolute atomic E-state index is 0.126. The largest absolute Gasteiger partial charge is 0.336 e. The number of benzene rings is 1. The van der Waals surface area contributed by atoms with E-state index in [1.54, 1.807) is 18.6 Å². The lowest BCUT2D eigenvalue weighted by Gasteiger charge is -2.20. The molecular weight excluding hydrogens is 241 g/mol. The van der Waals surface area contributed by atoms with E-state index in [1.165, 1.54) is 6.07 Å². The summed E-state index contributed by atoms with van der Waals surface area (Å²) in [6.07, 6.45) is 6.22. The summed E-state index contributed by atoms with van der Waals surface area (Å²) in [5.41, 5.74) is 0.761. The summed E-state index contributed by atoms with van der Waals surface area (Å²) in [5, 5.41) is 3.48. The van der Waals surface area contributed by atoms with Crippen LogP contribution in [0.4, 0.5) is 4.39 Å². The van der Waals surface area contributed by atoms with Crippen LogP contribution in [0.15, 0.2) is 43.0 Å². The normalized spacial score (nSPS) is 14.3. The molecule has 4 heteroatoms. The van der Waals surface area contributed by atoms with Crippen LogP contribution in [-0.4, -0.2) is 21.6 Å². The van der Waals surface area contributed by atoms with Crippen molar-refractivity contribution in [1.82, 2.24) is 14.9 Å². The molecule has 0 spiro atoms. The van der Waals surface area contributed by atoms with Crippen LogP contribution in [0.1, 0.15) is 19.4 Å². The maximum Gasteiger partial charge on any atom is 0.126 e. The molecule has 102 valence electrons. The van der Waals surface area contributed by atoms with E-state index in [1.807, 2.05) is 22.9 Å². The minimum Gasteiger partial charge on any atom is -0.336 e. The highest BCUT2D eigenvalue weighted by Crippen LogP contribution is 2.09. The van der Waals surface area contributed by atoms with Crippen LogP contribution < -0.4 is 5.32 Å². The molecule has 0 aliphatic rings. The van der Waals surface area contributed by atoms with Gasteiger partial charge in [-0.1, -0.05) is 18.2 Å². The van der Waals surface area contributed by atoms with Gasteiger partial charge in [-0.15, -0.1) is 0 Å².